The molecule has 0 fully saturated rings. The van der Waals surface area contributed by atoms with E-state index in [-0.39, 0.29) is 30.8 Å². The minimum atomic E-state index is 0. The van der Waals surface area contributed by atoms with Crippen molar-refractivity contribution in [2.24, 2.45) is 0 Å². The van der Waals surface area contributed by atoms with Gasteiger partial charge >= 0.3 is 18.6 Å². The van der Waals surface area contributed by atoms with Crippen molar-refractivity contribution in [1.82, 2.24) is 0 Å². The number of hydrogen-bond acceptors (Lipinski definition) is 2. The van der Waals surface area contributed by atoms with Crippen LogP contribution >= 0.6 is 0 Å². The van der Waals surface area contributed by atoms with Crippen LogP contribution in [-0.4, -0.2) is 26.4 Å². The SMILES string of the molecule is COC(C)C1=[C-]CC=C1.COC(C)C1=[C-]CC=C1.[V+2]. The van der Waals surface area contributed by atoms with Crippen molar-refractivity contribution in [2.75, 3.05) is 14.2 Å². The second-order valence-electron chi connectivity index (χ2n) is 4.23. The van der Waals surface area contributed by atoms with Crippen LogP contribution in [0.4, 0.5) is 0 Å². The molecule has 2 unspecified atom stereocenters. The van der Waals surface area contributed by atoms with Crippen molar-refractivity contribution in [1.29, 1.82) is 0 Å². The van der Waals surface area contributed by atoms with Gasteiger partial charge in [0.2, 0.25) is 0 Å². The van der Waals surface area contributed by atoms with Gasteiger partial charge in [0.25, 0.3) is 0 Å². The predicted octanol–water partition coefficient (Wildman–Crippen LogP) is 3.42. The second kappa shape index (κ2) is 10.3. The van der Waals surface area contributed by atoms with E-state index in [0.717, 1.165) is 12.8 Å². The summed E-state index contributed by atoms with van der Waals surface area (Å²) in [6, 6.07) is 0. The molecule has 0 aromatic carbocycles. The molecule has 103 valence electrons. The number of hydrogen-bond donors (Lipinski definition) is 0. The second-order valence-corrected chi connectivity index (χ2v) is 4.23. The Kier molecular flexibility index (Phi) is 9.99. The smallest absolute Gasteiger partial charge is 0.380 e. The maximum atomic E-state index is 5.08. The maximum absolute atomic E-state index is 5.08. The molecule has 2 nitrogen and oxygen atoms in total. The summed E-state index contributed by atoms with van der Waals surface area (Å²) in [6.07, 6.45) is 17.0. The third-order valence-electron chi connectivity index (χ3n) is 3.03. The molecule has 2 atom stereocenters. The van der Waals surface area contributed by atoms with E-state index in [4.69, 9.17) is 9.47 Å². The van der Waals surface area contributed by atoms with Gasteiger partial charge in [-0.05, 0) is 13.8 Å². The normalized spacial score (nSPS) is 18.9. The zero-order chi connectivity index (χ0) is 13.4. The van der Waals surface area contributed by atoms with Gasteiger partial charge in [0.1, 0.15) is 0 Å². The third kappa shape index (κ3) is 6.44. The van der Waals surface area contributed by atoms with E-state index in [2.05, 4.69) is 36.5 Å². The molecule has 0 aliphatic heterocycles. The van der Waals surface area contributed by atoms with E-state index < -0.39 is 0 Å². The van der Waals surface area contributed by atoms with Crippen molar-refractivity contribution in [3.63, 3.8) is 0 Å². The van der Waals surface area contributed by atoms with Gasteiger partial charge in [-0.15, -0.1) is 12.8 Å². The van der Waals surface area contributed by atoms with Crippen LogP contribution in [0.5, 0.6) is 0 Å². The Morgan fingerprint density at radius 2 is 1.26 bits per heavy atom. The van der Waals surface area contributed by atoms with Crippen molar-refractivity contribution in [2.45, 2.75) is 38.9 Å². The molecule has 0 aromatic heterocycles. The molecule has 2 aliphatic carbocycles. The Bertz CT molecular complexity index is 331. The molecule has 0 N–H and O–H groups in total. The summed E-state index contributed by atoms with van der Waals surface area (Å²) in [6.45, 7) is 4.05. The van der Waals surface area contributed by atoms with Crippen LogP contribution in [0.15, 0.2) is 35.5 Å². The summed E-state index contributed by atoms with van der Waals surface area (Å²) in [5.41, 5.74) is 2.36. The molecule has 3 heteroatoms. The quantitative estimate of drug-likeness (QED) is 0.740. The number of rotatable bonds is 4. The molecule has 0 aromatic rings. The fraction of sp³-hybridized carbons (Fsp3) is 0.500. The van der Waals surface area contributed by atoms with E-state index in [1.54, 1.807) is 14.2 Å². The Labute approximate surface area is 129 Å². The van der Waals surface area contributed by atoms with Crippen LogP contribution in [0, 0.1) is 12.2 Å². The van der Waals surface area contributed by atoms with Crippen LogP contribution in [-0.2, 0) is 28.0 Å². The number of allylic oxidation sites excluding steroid dienone is 4. The van der Waals surface area contributed by atoms with Gasteiger partial charge in [0.05, 0.1) is 0 Å². The van der Waals surface area contributed by atoms with E-state index in [1.165, 1.54) is 11.1 Å². The van der Waals surface area contributed by atoms with E-state index in [0.29, 0.717) is 0 Å². The van der Waals surface area contributed by atoms with Gasteiger partial charge in [-0.3, -0.25) is 12.2 Å². The van der Waals surface area contributed by atoms with Crippen molar-refractivity contribution in [3.8, 4) is 0 Å². The molecule has 0 amide bonds. The molecule has 19 heavy (non-hydrogen) atoms. The first-order chi connectivity index (χ1) is 8.69. The average molecular weight is 297 g/mol. The Balaban J connectivity index is 0.000000324. The third-order valence-corrected chi connectivity index (χ3v) is 3.03. The van der Waals surface area contributed by atoms with Gasteiger partial charge in [-0.1, -0.05) is 0 Å². The summed E-state index contributed by atoms with van der Waals surface area (Å²) in [4.78, 5) is 0. The topological polar surface area (TPSA) is 18.5 Å². The summed E-state index contributed by atoms with van der Waals surface area (Å²) in [5, 5.41) is 0. The molecule has 0 saturated carbocycles. The minimum absolute atomic E-state index is 0. The zero-order valence-electron chi connectivity index (χ0n) is 12.1. The van der Waals surface area contributed by atoms with E-state index >= 15 is 0 Å². The molecule has 0 heterocycles. The largest absolute Gasteiger partial charge is 2.00 e. The van der Waals surface area contributed by atoms with Crippen LogP contribution in [0.1, 0.15) is 26.7 Å². The summed E-state index contributed by atoms with van der Waals surface area (Å²) in [5.74, 6) is 0. The molecule has 0 bridgehead atoms. The first-order valence-corrected chi connectivity index (χ1v) is 6.29. The van der Waals surface area contributed by atoms with Gasteiger partial charge in [0.15, 0.2) is 0 Å². The summed E-state index contributed by atoms with van der Waals surface area (Å²) in [7, 11) is 3.43. The monoisotopic (exact) mass is 297 g/mol. The molecule has 2 aliphatic rings. The van der Waals surface area contributed by atoms with Gasteiger partial charge in [0, 0.05) is 26.4 Å². The summed E-state index contributed by atoms with van der Waals surface area (Å²) < 4.78 is 10.2. The van der Waals surface area contributed by atoms with Gasteiger partial charge < -0.3 is 9.47 Å². The zero-order valence-corrected chi connectivity index (χ0v) is 13.5. The average Bonchev–Trinajstić information content (AvgIpc) is 3.09. The molecule has 0 spiro atoms. The Morgan fingerprint density at radius 1 is 0.895 bits per heavy atom. The van der Waals surface area contributed by atoms with E-state index in [9.17, 15) is 0 Å². The molecular weight excluding hydrogens is 275 g/mol. The number of methoxy groups -OCH3 is 2. The number of ether oxygens (including phenoxy) is 2. The van der Waals surface area contributed by atoms with Crippen molar-refractivity contribution >= 4 is 0 Å². The van der Waals surface area contributed by atoms with Crippen molar-refractivity contribution < 1.29 is 28.0 Å². The van der Waals surface area contributed by atoms with Crippen LogP contribution in [0.2, 0.25) is 0 Å². The van der Waals surface area contributed by atoms with Gasteiger partial charge in [-0.25, -0.2) is 12.2 Å². The first kappa shape index (κ1) is 18.5. The van der Waals surface area contributed by atoms with Crippen molar-refractivity contribution in [3.05, 3.63) is 47.6 Å². The molecular formula is C16H22O2V. The van der Waals surface area contributed by atoms with E-state index in [1.807, 2.05) is 13.8 Å². The van der Waals surface area contributed by atoms with Gasteiger partial charge in [-0.2, -0.15) is 23.3 Å². The summed E-state index contributed by atoms with van der Waals surface area (Å²) >= 11 is 0. The standard InChI is InChI=1S/2C8H11O.V/c2*1-7(9-2)8-5-3-4-6-8;/h2*3,5,7H,4H2,1-2H3;/q2*-1;+2. The van der Waals surface area contributed by atoms with Crippen LogP contribution in [0.3, 0.4) is 0 Å². The predicted molar refractivity (Wildman–Crippen MR) is 74.0 cm³/mol. The fourth-order valence-electron chi connectivity index (χ4n) is 1.66. The van der Waals surface area contributed by atoms with Crippen LogP contribution < -0.4 is 0 Å². The molecule has 0 saturated heterocycles. The Hall–Kier alpha value is -0.536. The maximum Gasteiger partial charge on any atom is 2.00 e. The first-order valence-electron chi connectivity index (χ1n) is 6.29. The van der Waals surface area contributed by atoms with Crippen LogP contribution in [0.25, 0.3) is 0 Å². The fourth-order valence-corrected chi connectivity index (χ4v) is 1.66. The molecule has 1 radical (unpaired) electrons. The minimum Gasteiger partial charge on any atom is -0.380 e. The molecule has 2 rings (SSSR count). The Morgan fingerprint density at radius 3 is 1.47 bits per heavy atom.